The molecule has 1 aliphatic carbocycles. The van der Waals surface area contributed by atoms with Crippen LogP contribution in [0.15, 0.2) is 40.6 Å². The Balaban J connectivity index is 1.89. The predicted octanol–water partition coefficient (Wildman–Crippen LogP) is 3.16. The van der Waals surface area contributed by atoms with E-state index in [4.69, 9.17) is 0 Å². The number of thiophene rings is 1. The van der Waals surface area contributed by atoms with Gasteiger partial charge in [0.2, 0.25) is 0 Å². The van der Waals surface area contributed by atoms with Gasteiger partial charge in [-0.2, -0.15) is 4.72 Å². The van der Waals surface area contributed by atoms with Crippen molar-refractivity contribution in [3.05, 3.63) is 52.7 Å². The van der Waals surface area contributed by atoms with Gasteiger partial charge in [-0.1, -0.05) is 12.1 Å². The molecule has 1 heterocycles. The summed E-state index contributed by atoms with van der Waals surface area (Å²) >= 11 is 1.25. The molecule has 1 aliphatic rings. The monoisotopic (exact) mass is 311 g/mol. The summed E-state index contributed by atoms with van der Waals surface area (Å²) in [5, 5.41) is 0. The molecule has 0 radical (unpaired) electrons. The van der Waals surface area contributed by atoms with Crippen molar-refractivity contribution in [1.29, 1.82) is 0 Å². The molecule has 1 N–H and O–H groups in total. The fourth-order valence-corrected chi connectivity index (χ4v) is 4.94. The SMILES string of the molecule is Cc1ccc(S(=O)(=O)NC2(c3ccc(F)cc3)CC2)s1. The second kappa shape index (κ2) is 4.65. The van der Waals surface area contributed by atoms with Gasteiger partial charge in [-0.15, -0.1) is 11.3 Å². The molecular formula is C14H14FNO2S2. The van der Waals surface area contributed by atoms with Crippen molar-refractivity contribution in [2.75, 3.05) is 0 Å². The van der Waals surface area contributed by atoms with Crippen molar-refractivity contribution >= 4 is 21.4 Å². The Bertz CT molecular complexity index is 731. The van der Waals surface area contributed by atoms with Gasteiger partial charge in [0.25, 0.3) is 10.0 Å². The number of rotatable bonds is 4. The van der Waals surface area contributed by atoms with Gasteiger partial charge in [0.1, 0.15) is 10.0 Å². The lowest BCUT2D eigenvalue weighted by Crippen LogP contribution is -2.34. The van der Waals surface area contributed by atoms with E-state index in [1.165, 1.54) is 23.5 Å². The van der Waals surface area contributed by atoms with Crippen molar-refractivity contribution in [2.24, 2.45) is 0 Å². The Labute approximate surface area is 121 Å². The quantitative estimate of drug-likeness (QED) is 0.943. The molecule has 0 atom stereocenters. The summed E-state index contributed by atoms with van der Waals surface area (Å²) in [7, 11) is -3.52. The van der Waals surface area contributed by atoms with Crippen molar-refractivity contribution < 1.29 is 12.8 Å². The van der Waals surface area contributed by atoms with Crippen LogP contribution in [-0.2, 0) is 15.6 Å². The van der Waals surface area contributed by atoms with Gasteiger partial charge < -0.3 is 0 Å². The number of halogens is 1. The van der Waals surface area contributed by atoms with Gasteiger partial charge in [-0.05, 0) is 49.6 Å². The molecule has 20 heavy (non-hydrogen) atoms. The van der Waals surface area contributed by atoms with Gasteiger partial charge in [0.05, 0.1) is 5.54 Å². The van der Waals surface area contributed by atoms with E-state index in [9.17, 15) is 12.8 Å². The largest absolute Gasteiger partial charge is 0.250 e. The fourth-order valence-electron chi connectivity index (χ4n) is 2.21. The predicted molar refractivity (Wildman–Crippen MR) is 76.7 cm³/mol. The normalized spacial score (nSPS) is 17.1. The van der Waals surface area contributed by atoms with Crippen molar-refractivity contribution in [1.82, 2.24) is 4.72 Å². The first-order valence-corrected chi connectivity index (χ1v) is 8.58. The van der Waals surface area contributed by atoms with E-state index in [0.717, 1.165) is 23.3 Å². The molecule has 0 unspecified atom stereocenters. The van der Waals surface area contributed by atoms with Crippen LogP contribution in [0.1, 0.15) is 23.3 Å². The summed E-state index contributed by atoms with van der Waals surface area (Å²) in [5.41, 5.74) is 0.250. The molecule has 1 saturated carbocycles. The number of aryl methyl sites for hydroxylation is 1. The zero-order valence-corrected chi connectivity index (χ0v) is 12.5. The highest BCUT2D eigenvalue weighted by Gasteiger charge is 2.47. The van der Waals surface area contributed by atoms with Crippen LogP contribution in [0.3, 0.4) is 0 Å². The Morgan fingerprint density at radius 3 is 2.30 bits per heavy atom. The van der Waals surface area contributed by atoms with E-state index in [-0.39, 0.29) is 5.82 Å². The molecule has 0 spiro atoms. The summed E-state index contributed by atoms with van der Waals surface area (Å²) < 4.78 is 40.8. The number of hydrogen-bond donors (Lipinski definition) is 1. The molecule has 6 heteroatoms. The van der Waals surface area contributed by atoms with Crippen LogP contribution in [0.5, 0.6) is 0 Å². The maximum absolute atomic E-state index is 13.0. The molecule has 0 saturated heterocycles. The Kier molecular flexibility index (Phi) is 3.19. The zero-order valence-electron chi connectivity index (χ0n) is 10.9. The average molecular weight is 311 g/mol. The van der Waals surface area contributed by atoms with Crippen LogP contribution < -0.4 is 4.72 Å². The fraction of sp³-hybridized carbons (Fsp3) is 0.286. The number of benzene rings is 1. The molecule has 0 amide bonds. The summed E-state index contributed by atoms with van der Waals surface area (Å²) in [6.45, 7) is 1.87. The zero-order chi connectivity index (χ0) is 14.4. The lowest BCUT2D eigenvalue weighted by Gasteiger charge is -2.17. The molecule has 1 aromatic heterocycles. The molecule has 3 nitrogen and oxygen atoms in total. The number of hydrogen-bond acceptors (Lipinski definition) is 3. The van der Waals surface area contributed by atoms with E-state index in [2.05, 4.69) is 4.72 Å². The highest BCUT2D eigenvalue weighted by Crippen LogP contribution is 2.46. The average Bonchev–Trinajstić information content (AvgIpc) is 3.01. The number of sulfonamides is 1. The summed E-state index contributed by atoms with van der Waals surface area (Å²) in [5.74, 6) is -0.318. The van der Waals surface area contributed by atoms with Crippen LogP contribution >= 0.6 is 11.3 Å². The van der Waals surface area contributed by atoms with Crippen LogP contribution in [0.4, 0.5) is 4.39 Å². The Morgan fingerprint density at radius 2 is 1.80 bits per heavy atom. The van der Waals surface area contributed by atoms with Gasteiger partial charge in [-0.25, -0.2) is 12.8 Å². The van der Waals surface area contributed by atoms with Crippen LogP contribution in [0.25, 0.3) is 0 Å². The lowest BCUT2D eigenvalue weighted by molar-refractivity contribution is 0.553. The topological polar surface area (TPSA) is 46.2 Å². The third-order valence-corrected chi connectivity index (χ3v) is 6.49. The van der Waals surface area contributed by atoms with Crippen LogP contribution in [0, 0.1) is 12.7 Å². The highest BCUT2D eigenvalue weighted by atomic mass is 32.2. The van der Waals surface area contributed by atoms with Crippen molar-refractivity contribution in [3.63, 3.8) is 0 Å². The molecule has 106 valence electrons. The molecular weight excluding hydrogens is 297 g/mol. The second-order valence-corrected chi connectivity index (χ2v) is 8.26. The Morgan fingerprint density at radius 1 is 1.15 bits per heavy atom. The van der Waals surface area contributed by atoms with Crippen LogP contribution in [0.2, 0.25) is 0 Å². The maximum Gasteiger partial charge on any atom is 0.250 e. The van der Waals surface area contributed by atoms with Crippen molar-refractivity contribution in [2.45, 2.75) is 29.5 Å². The van der Waals surface area contributed by atoms with Crippen molar-refractivity contribution in [3.8, 4) is 0 Å². The summed E-state index contributed by atoms with van der Waals surface area (Å²) in [6.07, 6.45) is 1.48. The first kappa shape index (κ1) is 13.7. The number of nitrogens with one attached hydrogen (secondary N) is 1. The van der Waals surface area contributed by atoms with E-state index in [1.54, 1.807) is 24.3 Å². The third kappa shape index (κ3) is 2.51. The third-order valence-electron chi connectivity index (χ3n) is 3.46. The first-order chi connectivity index (χ1) is 9.41. The van der Waals surface area contributed by atoms with Gasteiger partial charge in [0.15, 0.2) is 0 Å². The molecule has 0 bridgehead atoms. The van der Waals surface area contributed by atoms with Gasteiger partial charge >= 0.3 is 0 Å². The van der Waals surface area contributed by atoms with E-state index >= 15 is 0 Å². The molecule has 1 aromatic carbocycles. The maximum atomic E-state index is 13.0. The molecule has 3 rings (SSSR count). The minimum atomic E-state index is -3.52. The van der Waals surface area contributed by atoms with Gasteiger partial charge in [0, 0.05) is 4.88 Å². The summed E-state index contributed by atoms with van der Waals surface area (Å²) in [6, 6.07) is 9.41. The van der Waals surface area contributed by atoms with Gasteiger partial charge in [-0.3, -0.25) is 0 Å². The molecule has 0 aliphatic heterocycles. The first-order valence-electron chi connectivity index (χ1n) is 6.28. The second-order valence-electron chi connectivity index (χ2n) is 5.06. The standard InChI is InChI=1S/C14H14FNO2S2/c1-10-2-7-13(19-10)20(17,18)16-14(8-9-14)11-3-5-12(15)6-4-11/h2-7,16H,8-9H2,1H3. The Hall–Kier alpha value is -1.24. The molecule has 1 fully saturated rings. The lowest BCUT2D eigenvalue weighted by atomic mass is 10.1. The van der Waals surface area contributed by atoms with Crippen LogP contribution in [-0.4, -0.2) is 8.42 Å². The smallest absolute Gasteiger partial charge is 0.207 e. The summed E-state index contributed by atoms with van der Waals surface area (Å²) in [4.78, 5) is 0.956. The van der Waals surface area contributed by atoms with E-state index < -0.39 is 15.6 Å². The molecule has 2 aromatic rings. The van der Waals surface area contributed by atoms with E-state index in [0.29, 0.717) is 4.21 Å². The highest BCUT2D eigenvalue weighted by molar-refractivity contribution is 7.91. The van der Waals surface area contributed by atoms with E-state index in [1.807, 2.05) is 6.92 Å². The minimum absolute atomic E-state index is 0.318. The minimum Gasteiger partial charge on any atom is -0.207 e.